The van der Waals surface area contributed by atoms with Crippen LogP contribution in [-0.2, 0) is 0 Å². The van der Waals surface area contributed by atoms with E-state index in [0.29, 0.717) is 5.19 Å². The SMILES string of the molecule is CCCN(CCOc1ccc(Oc2nc3ccncc3s2)cc1)CC1CC1. The molecule has 3 aromatic rings. The summed E-state index contributed by atoms with van der Waals surface area (Å²) in [5.74, 6) is 2.56. The lowest BCUT2D eigenvalue weighted by molar-refractivity contribution is 0.203. The molecule has 142 valence electrons. The van der Waals surface area contributed by atoms with Crippen molar-refractivity contribution in [2.24, 2.45) is 5.92 Å². The summed E-state index contributed by atoms with van der Waals surface area (Å²) in [5.41, 5.74) is 0.910. The van der Waals surface area contributed by atoms with Gasteiger partial charge >= 0.3 is 0 Å². The number of hydrogen-bond donors (Lipinski definition) is 0. The van der Waals surface area contributed by atoms with Crippen LogP contribution in [0.3, 0.4) is 0 Å². The highest BCUT2D eigenvalue weighted by Gasteiger charge is 2.23. The number of thiazole rings is 1. The van der Waals surface area contributed by atoms with E-state index in [2.05, 4.69) is 21.8 Å². The van der Waals surface area contributed by atoms with Gasteiger partial charge in [0, 0.05) is 25.5 Å². The number of benzene rings is 1. The molecule has 0 unspecified atom stereocenters. The predicted molar refractivity (Wildman–Crippen MR) is 109 cm³/mol. The molecule has 1 aliphatic rings. The first-order valence-corrected chi connectivity index (χ1v) is 10.5. The van der Waals surface area contributed by atoms with Crippen molar-refractivity contribution in [3.63, 3.8) is 0 Å². The summed E-state index contributed by atoms with van der Waals surface area (Å²) in [7, 11) is 0. The van der Waals surface area contributed by atoms with E-state index in [1.807, 2.05) is 36.5 Å². The van der Waals surface area contributed by atoms with Crippen molar-refractivity contribution < 1.29 is 9.47 Å². The monoisotopic (exact) mass is 383 g/mol. The van der Waals surface area contributed by atoms with Crippen molar-refractivity contribution in [2.45, 2.75) is 26.2 Å². The van der Waals surface area contributed by atoms with Gasteiger partial charge in [0.2, 0.25) is 0 Å². The van der Waals surface area contributed by atoms with E-state index in [0.717, 1.165) is 47.3 Å². The van der Waals surface area contributed by atoms with Gasteiger partial charge in [-0.2, -0.15) is 0 Å². The van der Waals surface area contributed by atoms with Crippen molar-refractivity contribution in [3.8, 4) is 16.7 Å². The molecule has 5 nitrogen and oxygen atoms in total. The minimum atomic E-state index is 0.627. The van der Waals surface area contributed by atoms with Gasteiger partial charge < -0.3 is 9.47 Å². The number of rotatable bonds is 10. The fourth-order valence-electron chi connectivity index (χ4n) is 3.08. The average Bonchev–Trinajstić information content (AvgIpc) is 3.40. The Morgan fingerprint density at radius 3 is 2.67 bits per heavy atom. The number of ether oxygens (including phenoxy) is 2. The van der Waals surface area contributed by atoms with E-state index in [9.17, 15) is 0 Å². The van der Waals surface area contributed by atoms with Crippen LogP contribution >= 0.6 is 11.3 Å². The molecule has 0 amide bonds. The molecule has 0 saturated heterocycles. The normalized spacial score (nSPS) is 14.0. The molecular weight excluding hydrogens is 358 g/mol. The fraction of sp³-hybridized carbons (Fsp3) is 0.429. The lowest BCUT2D eigenvalue weighted by atomic mass is 10.3. The first-order chi connectivity index (χ1) is 13.3. The third-order valence-corrected chi connectivity index (χ3v) is 5.51. The molecule has 6 heteroatoms. The van der Waals surface area contributed by atoms with Crippen LogP contribution in [0.1, 0.15) is 26.2 Å². The second kappa shape index (κ2) is 8.67. The minimum absolute atomic E-state index is 0.627. The van der Waals surface area contributed by atoms with E-state index < -0.39 is 0 Å². The topological polar surface area (TPSA) is 47.5 Å². The highest BCUT2D eigenvalue weighted by molar-refractivity contribution is 7.20. The average molecular weight is 384 g/mol. The van der Waals surface area contributed by atoms with Crippen molar-refractivity contribution in [3.05, 3.63) is 42.7 Å². The molecule has 2 heterocycles. The van der Waals surface area contributed by atoms with Gasteiger partial charge in [-0.3, -0.25) is 9.88 Å². The molecular formula is C21H25N3O2S. The Bertz CT molecular complexity index is 828. The van der Waals surface area contributed by atoms with Crippen molar-refractivity contribution in [1.29, 1.82) is 0 Å². The molecule has 1 saturated carbocycles. The van der Waals surface area contributed by atoms with E-state index in [-0.39, 0.29) is 0 Å². The zero-order chi connectivity index (χ0) is 18.5. The van der Waals surface area contributed by atoms with Gasteiger partial charge in [-0.1, -0.05) is 18.3 Å². The summed E-state index contributed by atoms with van der Waals surface area (Å²) < 4.78 is 12.8. The van der Waals surface area contributed by atoms with Crippen LogP contribution in [0.25, 0.3) is 10.2 Å². The lowest BCUT2D eigenvalue weighted by Gasteiger charge is -2.21. The van der Waals surface area contributed by atoms with Gasteiger partial charge in [-0.05, 0) is 62.1 Å². The smallest absolute Gasteiger partial charge is 0.279 e. The maximum absolute atomic E-state index is 5.92. The largest absolute Gasteiger partial charge is 0.492 e. The Morgan fingerprint density at radius 1 is 1.11 bits per heavy atom. The first kappa shape index (κ1) is 18.2. The number of fused-ring (bicyclic) bond motifs is 1. The molecule has 0 aliphatic heterocycles. The molecule has 4 rings (SSSR count). The summed E-state index contributed by atoms with van der Waals surface area (Å²) >= 11 is 1.50. The molecule has 0 atom stereocenters. The zero-order valence-corrected chi connectivity index (χ0v) is 16.5. The molecule has 2 aromatic heterocycles. The van der Waals surface area contributed by atoms with Gasteiger partial charge in [-0.15, -0.1) is 0 Å². The highest BCUT2D eigenvalue weighted by Crippen LogP contribution is 2.31. The van der Waals surface area contributed by atoms with Crippen LogP contribution in [0, 0.1) is 5.92 Å². The Morgan fingerprint density at radius 2 is 1.93 bits per heavy atom. The van der Waals surface area contributed by atoms with Gasteiger partial charge in [0.05, 0.1) is 10.2 Å². The Labute approximate surface area is 164 Å². The van der Waals surface area contributed by atoms with Crippen LogP contribution in [-0.4, -0.2) is 41.1 Å². The van der Waals surface area contributed by atoms with Crippen LogP contribution < -0.4 is 9.47 Å². The Hall–Kier alpha value is -2.18. The minimum Gasteiger partial charge on any atom is -0.492 e. The summed E-state index contributed by atoms with van der Waals surface area (Å²) in [6, 6.07) is 9.65. The Balaban J connectivity index is 1.27. The summed E-state index contributed by atoms with van der Waals surface area (Å²) in [4.78, 5) is 11.1. The van der Waals surface area contributed by atoms with Crippen LogP contribution in [0.4, 0.5) is 0 Å². The number of pyridine rings is 1. The summed E-state index contributed by atoms with van der Waals surface area (Å²) in [6.45, 7) is 6.33. The number of hydrogen-bond acceptors (Lipinski definition) is 6. The van der Waals surface area contributed by atoms with Crippen LogP contribution in [0.15, 0.2) is 42.7 Å². The van der Waals surface area contributed by atoms with Crippen molar-refractivity contribution in [1.82, 2.24) is 14.9 Å². The zero-order valence-electron chi connectivity index (χ0n) is 15.6. The third kappa shape index (κ3) is 5.17. The van der Waals surface area contributed by atoms with Gasteiger partial charge in [0.15, 0.2) is 0 Å². The predicted octanol–water partition coefficient (Wildman–Crippen LogP) is 4.98. The molecule has 1 aliphatic carbocycles. The van der Waals surface area contributed by atoms with Gasteiger partial charge in [-0.25, -0.2) is 4.98 Å². The fourth-order valence-corrected chi connectivity index (χ4v) is 3.88. The first-order valence-electron chi connectivity index (χ1n) is 9.64. The van der Waals surface area contributed by atoms with Crippen molar-refractivity contribution >= 4 is 21.6 Å². The highest BCUT2D eigenvalue weighted by atomic mass is 32.1. The molecule has 27 heavy (non-hydrogen) atoms. The van der Waals surface area contributed by atoms with Crippen molar-refractivity contribution in [2.75, 3.05) is 26.2 Å². The Kier molecular flexibility index (Phi) is 5.84. The molecule has 0 spiro atoms. The molecule has 0 radical (unpaired) electrons. The number of nitrogens with zero attached hydrogens (tertiary/aromatic N) is 3. The lowest BCUT2D eigenvalue weighted by Crippen LogP contribution is -2.31. The maximum atomic E-state index is 5.92. The molecule has 0 N–H and O–H groups in total. The summed E-state index contributed by atoms with van der Waals surface area (Å²) in [6.07, 6.45) is 7.54. The molecule has 0 bridgehead atoms. The van der Waals surface area contributed by atoms with Crippen LogP contribution in [0.5, 0.6) is 16.7 Å². The van der Waals surface area contributed by atoms with Crippen LogP contribution in [0.2, 0.25) is 0 Å². The van der Waals surface area contributed by atoms with E-state index in [1.54, 1.807) is 6.20 Å². The maximum Gasteiger partial charge on any atom is 0.279 e. The second-order valence-corrected chi connectivity index (χ2v) is 7.98. The van der Waals surface area contributed by atoms with E-state index in [4.69, 9.17) is 9.47 Å². The van der Waals surface area contributed by atoms with E-state index in [1.165, 1.54) is 37.1 Å². The molecule has 1 fully saturated rings. The van der Waals surface area contributed by atoms with E-state index >= 15 is 0 Å². The standard InChI is InChI=1S/C21H25N3O2S/c1-2-11-24(15-16-3-4-16)12-13-25-17-5-7-18(8-6-17)26-21-23-19-9-10-22-14-20(19)27-21/h5-10,14,16H,2-4,11-13,15H2,1H3. The van der Waals surface area contributed by atoms with Gasteiger partial charge in [0.25, 0.3) is 5.19 Å². The summed E-state index contributed by atoms with van der Waals surface area (Å²) in [5, 5.41) is 0.627. The molecule has 1 aromatic carbocycles. The third-order valence-electron chi connectivity index (χ3n) is 4.63. The van der Waals surface area contributed by atoms with Gasteiger partial charge in [0.1, 0.15) is 18.1 Å². The second-order valence-electron chi connectivity index (χ2n) is 6.99. The quantitative estimate of drug-likeness (QED) is 0.494. The number of aromatic nitrogens is 2.